The normalized spacial score (nSPS) is 9.94. The maximum Gasteiger partial charge on any atom is 0.338 e. The van der Waals surface area contributed by atoms with Crippen LogP contribution in [0.5, 0.6) is 5.75 Å². The van der Waals surface area contributed by atoms with E-state index in [0.717, 1.165) is 0 Å². The first kappa shape index (κ1) is 14.5. The molecule has 0 aliphatic carbocycles. The van der Waals surface area contributed by atoms with Crippen LogP contribution in [-0.4, -0.2) is 31.3 Å². The molecule has 0 saturated heterocycles. The van der Waals surface area contributed by atoms with E-state index in [0.29, 0.717) is 23.5 Å². The molecule has 0 aliphatic heterocycles. The molecule has 0 radical (unpaired) electrons. The first-order chi connectivity index (χ1) is 8.62. The number of Topliss-reactive ketones (excluding diaryl/α,β-unsaturated/α-hetero) is 1. The Morgan fingerprint density at radius 2 is 2.06 bits per heavy atom. The number of ketones is 1. The molecule has 0 bridgehead atoms. The van der Waals surface area contributed by atoms with Gasteiger partial charge in [-0.2, -0.15) is 0 Å². The smallest absolute Gasteiger partial charge is 0.338 e. The maximum absolute atomic E-state index is 11.5. The summed E-state index contributed by atoms with van der Waals surface area (Å²) in [4.78, 5) is 22.8. The third kappa shape index (κ3) is 3.74. The lowest BCUT2D eigenvalue weighted by atomic mass is 10.1. The largest absolute Gasteiger partial charge is 0.496 e. The molecular formula is C13H15ClO4. The van der Waals surface area contributed by atoms with Crippen LogP contribution in [0.1, 0.15) is 22.8 Å². The number of hydrogen-bond acceptors (Lipinski definition) is 4. The predicted octanol–water partition coefficient (Wildman–Crippen LogP) is 2.22. The number of methoxy groups -OCH3 is 1. The number of benzene rings is 1. The first-order valence-corrected chi connectivity index (χ1v) is 6.07. The summed E-state index contributed by atoms with van der Waals surface area (Å²) in [5, 5.41) is 0. The molecule has 0 N–H and O–H groups in total. The Morgan fingerprint density at radius 1 is 1.33 bits per heavy atom. The Labute approximate surface area is 111 Å². The first-order valence-electron chi connectivity index (χ1n) is 5.54. The minimum absolute atomic E-state index is 0.0389. The molecule has 0 unspecified atom stereocenters. The molecule has 0 fully saturated rings. The zero-order chi connectivity index (χ0) is 13.5. The number of alkyl halides is 1. The van der Waals surface area contributed by atoms with E-state index < -0.39 is 5.97 Å². The molecule has 1 aromatic carbocycles. The zero-order valence-corrected chi connectivity index (χ0v) is 11.1. The van der Waals surface area contributed by atoms with Crippen LogP contribution in [0.3, 0.4) is 0 Å². The standard InChI is InChI=1S/C13H15ClO4/c1-3-18-13(16)10-5-4-9(6-11(15)8-14)12(7-10)17-2/h4-5,7H,3,6,8H2,1-2H3. The monoisotopic (exact) mass is 270 g/mol. The molecule has 0 atom stereocenters. The van der Waals surface area contributed by atoms with Gasteiger partial charge in [0.05, 0.1) is 25.2 Å². The quantitative estimate of drug-likeness (QED) is 0.587. The zero-order valence-electron chi connectivity index (χ0n) is 10.4. The Hall–Kier alpha value is -1.55. The van der Waals surface area contributed by atoms with Gasteiger partial charge in [-0.1, -0.05) is 6.07 Å². The van der Waals surface area contributed by atoms with Crippen molar-refractivity contribution in [1.82, 2.24) is 0 Å². The van der Waals surface area contributed by atoms with Gasteiger partial charge in [0.15, 0.2) is 5.78 Å². The van der Waals surface area contributed by atoms with Crippen LogP contribution < -0.4 is 4.74 Å². The molecule has 0 aromatic heterocycles. The van der Waals surface area contributed by atoms with E-state index in [9.17, 15) is 9.59 Å². The molecular weight excluding hydrogens is 256 g/mol. The molecule has 0 heterocycles. The lowest BCUT2D eigenvalue weighted by Gasteiger charge is -2.09. The van der Waals surface area contributed by atoms with Crippen molar-refractivity contribution in [2.45, 2.75) is 13.3 Å². The van der Waals surface area contributed by atoms with Gasteiger partial charge in [0.2, 0.25) is 0 Å². The van der Waals surface area contributed by atoms with Crippen LogP contribution in [0.2, 0.25) is 0 Å². The van der Waals surface area contributed by atoms with Gasteiger partial charge in [0, 0.05) is 12.0 Å². The molecule has 4 nitrogen and oxygen atoms in total. The number of ether oxygens (including phenoxy) is 2. The van der Waals surface area contributed by atoms with Gasteiger partial charge in [-0.25, -0.2) is 4.79 Å². The van der Waals surface area contributed by atoms with Crippen molar-refractivity contribution in [3.8, 4) is 5.75 Å². The molecule has 0 spiro atoms. The fourth-order valence-corrected chi connectivity index (χ4v) is 1.59. The summed E-state index contributed by atoms with van der Waals surface area (Å²) >= 11 is 5.46. The Morgan fingerprint density at radius 3 is 2.61 bits per heavy atom. The average molecular weight is 271 g/mol. The van der Waals surface area contributed by atoms with Crippen LogP contribution >= 0.6 is 11.6 Å². The molecule has 18 heavy (non-hydrogen) atoms. The fourth-order valence-electron chi connectivity index (χ4n) is 1.49. The van der Waals surface area contributed by atoms with Crippen LogP contribution in [0, 0.1) is 0 Å². The lowest BCUT2D eigenvalue weighted by Crippen LogP contribution is -2.08. The molecule has 0 amide bonds. The summed E-state index contributed by atoms with van der Waals surface area (Å²) in [6, 6.07) is 4.85. The minimum Gasteiger partial charge on any atom is -0.496 e. The lowest BCUT2D eigenvalue weighted by molar-refractivity contribution is -0.116. The SMILES string of the molecule is CCOC(=O)c1ccc(CC(=O)CCl)c(OC)c1. The van der Waals surface area contributed by atoms with Crippen molar-refractivity contribution in [3.05, 3.63) is 29.3 Å². The Kier molecular flexibility index (Phi) is 5.65. The molecule has 0 saturated carbocycles. The van der Waals surface area contributed by atoms with Gasteiger partial charge in [-0.3, -0.25) is 4.79 Å². The van der Waals surface area contributed by atoms with Crippen LogP contribution in [0.15, 0.2) is 18.2 Å². The van der Waals surface area contributed by atoms with Gasteiger partial charge in [0.1, 0.15) is 5.75 Å². The van der Waals surface area contributed by atoms with E-state index in [1.165, 1.54) is 7.11 Å². The minimum atomic E-state index is -0.411. The number of carbonyl (C=O) groups is 2. The van der Waals surface area contributed by atoms with Crippen molar-refractivity contribution in [2.24, 2.45) is 0 Å². The summed E-state index contributed by atoms with van der Waals surface area (Å²) in [5.74, 6) is -0.0631. The second-order valence-electron chi connectivity index (χ2n) is 3.60. The van der Waals surface area contributed by atoms with Crippen LogP contribution in [-0.2, 0) is 16.0 Å². The van der Waals surface area contributed by atoms with Gasteiger partial charge in [0.25, 0.3) is 0 Å². The van der Waals surface area contributed by atoms with Gasteiger partial charge in [-0.15, -0.1) is 11.6 Å². The summed E-state index contributed by atoms with van der Waals surface area (Å²) in [6.07, 6.45) is 0.190. The van der Waals surface area contributed by atoms with Gasteiger partial charge < -0.3 is 9.47 Å². The molecule has 0 aliphatic rings. The second kappa shape index (κ2) is 7.01. The topological polar surface area (TPSA) is 52.6 Å². The summed E-state index contributed by atoms with van der Waals surface area (Å²) in [6.45, 7) is 2.05. The van der Waals surface area contributed by atoms with Crippen molar-refractivity contribution < 1.29 is 19.1 Å². The Bertz CT molecular complexity index is 443. The van der Waals surface area contributed by atoms with Gasteiger partial charge in [-0.05, 0) is 19.1 Å². The highest BCUT2D eigenvalue weighted by molar-refractivity contribution is 6.27. The van der Waals surface area contributed by atoms with Gasteiger partial charge >= 0.3 is 5.97 Å². The van der Waals surface area contributed by atoms with Crippen molar-refractivity contribution in [2.75, 3.05) is 19.6 Å². The van der Waals surface area contributed by atoms with Crippen molar-refractivity contribution >= 4 is 23.4 Å². The Balaban J connectivity index is 2.96. The van der Waals surface area contributed by atoms with Crippen molar-refractivity contribution in [1.29, 1.82) is 0 Å². The van der Waals surface area contributed by atoms with E-state index >= 15 is 0 Å². The van der Waals surface area contributed by atoms with E-state index in [1.54, 1.807) is 25.1 Å². The molecule has 98 valence electrons. The maximum atomic E-state index is 11.5. The second-order valence-corrected chi connectivity index (χ2v) is 3.86. The summed E-state index contributed by atoms with van der Waals surface area (Å²) in [7, 11) is 1.49. The van der Waals surface area contributed by atoms with E-state index in [-0.39, 0.29) is 18.1 Å². The van der Waals surface area contributed by atoms with E-state index in [2.05, 4.69) is 0 Å². The van der Waals surface area contributed by atoms with E-state index in [4.69, 9.17) is 21.1 Å². The number of halogens is 1. The highest BCUT2D eigenvalue weighted by Gasteiger charge is 2.12. The molecule has 1 aromatic rings. The number of rotatable bonds is 6. The highest BCUT2D eigenvalue weighted by atomic mass is 35.5. The third-order valence-electron chi connectivity index (χ3n) is 2.33. The van der Waals surface area contributed by atoms with E-state index in [1.807, 2.05) is 0 Å². The number of esters is 1. The third-order valence-corrected chi connectivity index (χ3v) is 2.63. The molecule has 1 rings (SSSR count). The van der Waals surface area contributed by atoms with Crippen LogP contribution in [0.25, 0.3) is 0 Å². The fraction of sp³-hybridized carbons (Fsp3) is 0.385. The van der Waals surface area contributed by atoms with Crippen LogP contribution in [0.4, 0.5) is 0 Å². The summed E-state index contributed by atoms with van der Waals surface area (Å²) in [5.41, 5.74) is 1.10. The highest BCUT2D eigenvalue weighted by Crippen LogP contribution is 2.21. The predicted molar refractivity (Wildman–Crippen MR) is 68.4 cm³/mol. The average Bonchev–Trinajstić information content (AvgIpc) is 2.39. The van der Waals surface area contributed by atoms with Crippen molar-refractivity contribution in [3.63, 3.8) is 0 Å². The molecule has 5 heteroatoms. The summed E-state index contributed by atoms with van der Waals surface area (Å²) < 4.78 is 10.0. The number of hydrogen-bond donors (Lipinski definition) is 0. The number of carbonyl (C=O) groups excluding carboxylic acids is 2.